The van der Waals surface area contributed by atoms with Gasteiger partial charge in [0.25, 0.3) is 0 Å². The highest BCUT2D eigenvalue weighted by Crippen LogP contribution is 2.21. The van der Waals surface area contributed by atoms with Crippen LogP contribution in [0.5, 0.6) is 0 Å². The van der Waals surface area contributed by atoms with Crippen LogP contribution in [-0.2, 0) is 15.8 Å². The highest BCUT2D eigenvalue weighted by molar-refractivity contribution is 7.88. The summed E-state index contributed by atoms with van der Waals surface area (Å²) in [4.78, 5) is 1.97. The van der Waals surface area contributed by atoms with Crippen molar-refractivity contribution >= 4 is 21.6 Å². The summed E-state index contributed by atoms with van der Waals surface area (Å²) in [6.45, 7) is 2.21. The first kappa shape index (κ1) is 18.9. The van der Waals surface area contributed by atoms with Gasteiger partial charge in [-0.2, -0.15) is 0 Å². The number of aryl methyl sites for hydroxylation is 1. The van der Waals surface area contributed by atoms with Gasteiger partial charge in [0.2, 0.25) is 10.0 Å². The fourth-order valence-corrected chi connectivity index (χ4v) is 3.99. The molecule has 2 aromatic carbocycles. The average molecular weight is 367 g/mol. The van der Waals surface area contributed by atoms with Crippen LogP contribution in [0.15, 0.2) is 48.5 Å². The molecule has 1 N–H and O–H groups in total. The molecule has 0 aliphatic carbocycles. The van der Waals surface area contributed by atoms with Crippen LogP contribution in [0.1, 0.15) is 22.7 Å². The van der Waals surface area contributed by atoms with Crippen molar-refractivity contribution in [3.63, 3.8) is 0 Å². The molecule has 0 amide bonds. The van der Waals surface area contributed by atoms with Gasteiger partial charge >= 0.3 is 0 Å². The van der Waals surface area contributed by atoms with Crippen molar-refractivity contribution in [1.82, 2.24) is 9.62 Å². The van der Waals surface area contributed by atoms with Crippen LogP contribution in [0.4, 0.5) is 0 Å². The fourth-order valence-electron chi connectivity index (χ4n) is 2.55. The van der Waals surface area contributed by atoms with Gasteiger partial charge in [-0.15, -0.1) is 0 Å². The van der Waals surface area contributed by atoms with Gasteiger partial charge in [0.1, 0.15) is 0 Å². The maximum absolute atomic E-state index is 12.4. The van der Waals surface area contributed by atoms with Crippen molar-refractivity contribution in [2.45, 2.75) is 18.7 Å². The third-order valence-corrected chi connectivity index (χ3v) is 5.49. The lowest BCUT2D eigenvalue weighted by Crippen LogP contribution is -2.35. The van der Waals surface area contributed by atoms with E-state index in [0.29, 0.717) is 11.6 Å². The number of sulfonamides is 1. The third kappa shape index (κ3) is 5.31. The Morgan fingerprint density at radius 1 is 1.12 bits per heavy atom. The lowest BCUT2D eigenvalue weighted by atomic mass is 10.1. The number of benzene rings is 2. The van der Waals surface area contributed by atoms with Crippen molar-refractivity contribution in [2.24, 2.45) is 0 Å². The zero-order chi connectivity index (χ0) is 17.7. The van der Waals surface area contributed by atoms with Crippen LogP contribution in [0.25, 0.3) is 0 Å². The Balaban J connectivity index is 2.10. The zero-order valence-electron chi connectivity index (χ0n) is 14.2. The van der Waals surface area contributed by atoms with Gasteiger partial charge in [-0.3, -0.25) is 0 Å². The van der Waals surface area contributed by atoms with E-state index in [-0.39, 0.29) is 11.8 Å². The molecule has 0 aliphatic heterocycles. The van der Waals surface area contributed by atoms with Crippen molar-refractivity contribution < 1.29 is 8.42 Å². The molecule has 130 valence electrons. The molecule has 4 nitrogen and oxygen atoms in total. The Morgan fingerprint density at radius 3 is 2.46 bits per heavy atom. The van der Waals surface area contributed by atoms with E-state index in [0.717, 1.165) is 16.7 Å². The first-order valence-electron chi connectivity index (χ1n) is 7.72. The van der Waals surface area contributed by atoms with E-state index >= 15 is 0 Å². The van der Waals surface area contributed by atoms with E-state index in [1.165, 1.54) is 0 Å². The first-order valence-corrected chi connectivity index (χ1v) is 9.75. The quantitative estimate of drug-likeness (QED) is 0.817. The predicted molar refractivity (Wildman–Crippen MR) is 99.7 cm³/mol. The first-order chi connectivity index (χ1) is 11.3. The van der Waals surface area contributed by atoms with Crippen molar-refractivity contribution in [1.29, 1.82) is 0 Å². The molecule has 24 heavy (non-hydrogen) atoms. The number of nitrogens with one attached hydrogen (secondary N) is 1. The zero-order valence-corrected chi connectivity index (χ0v) is 15.7. The van der Waals surface area contributed by atoms with Crippen LogP contribution in [0.2, 0.25) is 5.02 Å². The molecule has 2 aromatic rings. The molecule has 1 atom stereocenters. The monoisotopic (exact) mass is 366 g/mol. The summed E-state index contributed by atoms with van der Waals surface area (Å²) < 4.78 is 27.6. The predicted octanol–water partition coefficient (Wildman–Crippen LogP) is 3.37. The molecule has 0 spiro atoms. The molecule has 0 radical (unpaired) electrons. The van der Waals surface area contributed by atoms with Crippen molar-refractivity contribution in [2.75, 3.05) is 20.6 Å². The van der Waals surface area contributed by atoms with Crippen molar-refractivity contribution in [3.8, 4) is 0 Å². The Bertz CT molecular complexity index is 791. The molecule has 6 heteroatoms. The summed E-state index contributed by atoms with van der Waals surface area (Å²) in [5, 5.41) is 0.641. The number of hydrogen-bond acceptors (Lipinski definition) is 3. The summed E-state index contributed by atoms with van der Waals surface area (Å²) >= 11 is 6.05. The van der Waals surface area contributed by atoms with Gasteiger partial charge in [0.05, 0.1) is 5.75 Å². The number of hydrogen-bond donors (Lipinski definition) is 1. The molecule has 2 rings (SSSR count). The minimum atomic E-state index is -3.41. The average Bonchev–Trinajstić information content (AvgIpc) is 2.49. The van der Waals surface area contributed by atoms with Crippen LogP contribution in [-0.4, -0.2) is 34.0 Å². The van der Waals surface area contributed by atoms with E-state index in [2.05, 4.69) is 4.72 Å². The minimum Gasteiger partial charge on any atom is -0.301 e. The number of halogens is 1. The Kier molecular flexibility index (Phi) is 6.40. The summed E-state index contributed by atoms with van der Waals surface area (Å²) in [5.74, 6) is -0.0185. The van der Waals surface area contributed by atoms with Gasteiger partial charge in [0.15, 0.2) is 0 Å². The Labute approximate surface area is 149 Å². The Morgan fingerprint density at radius 2 is 1.83 bits per heavy atom. The maximum atomic E-state index is 12.4. The lowest BCUT2D eigenvalue weighted by Gasteiger charge is -2.25. The standard InChI is InChI=1S/C18H23ClN2O2S/c1-14-7-4-5-8-16(14)13-24(22,23)20-12-18(21(2)3)15-9-6-10-17(19)11-15/h4-11,18,20H,12-13H2,1-3H3. The minimum absolute atomic E-state index is 0.0185. The number of likely N-dealkylation sites (N-methyl/N-ethyl adjacent to an activating group) is 1. The van der Waals surface area contributed by atoms with Gasteiger partial charge in [-0.05, 0) is 49.8 Å². The third-order valence-electron chi connectivity index (χ3n) is 3.96. The second kappa shape index (κ2) is 8.12. The molecule has 0 aromatic heterocycles. The molecule has 0 bridgehead atoms. The Hall–Kier alpha value is -1.40. The molecule has 0 aliphatic rings. The summed E-state index contributed by atoms with van der Waals surface area (Å²) in [6.07, 6.45) is 0. The van der Waals surface area contributed by atoms with Gasteiger partial charge < -0.3 is 4.90 Å². The number of nitrogens with zero attached hydrogens (tertiary/aromatic N) is 1. The van der Waals surface area contributed by atoms with E-state index in [1.807, 2.05) is 68.4 Å². The van der Waals surface area contributed by atoms with Crippen molar-refractivity contribution in [3.05, 3.63) is 70.2 Å². The van der Waals surface area contributed by atoms with E-state index in [1.54, 1.807) is 6.07 Å². The lowest BCUT2D eigenvalue weighted by molar-refractivity contribution is 0.299. The largest absolute Gasteiger partial charge is 0.301 e. The van der Waals surface area contributed by atoms with Gasteiger partial charge in [0, 0.05) is 17.6 Å². The van der Waals surface area contributed by atoms with Gasteiger partial charge in [-0.25, -0.2) is 13.1 Å². The normalized spacial score (nSPS) is 13.2. The smallest absolute Gasteiger partial charge is 0.215 e. The van der Waals surface area contributed by atoms with E-state index in [9.17, 15) is 8.42 Å². The molecular formula is C18H23ClN2O2S. The summed E-state index contributed by atoms with van der Waals surface area (Å²) in [6, 6.07) is 14.9. The highest BCUT2D eigenvalue weighted by atomic mass is 35.5. The van der Waals surface area contributed by atoms with E-state index < -0.39 is 10.0 Å². The molecule has 0 heterocycles. The molecule has 0 fully saturated rings. The van der Waals surface area contributed by atoms with Gasteiger partial charge in [-0.1, -0.05) is 48.0 Å². The maximum Gasteiger partial charge on any atom is 0.215 e. The molecule has 1 unspecified atom stereocenters. The van der Waals surface area contributed by atoms with Crippen LogP contribution >= 0.6 is 11.6 Å². The van der Waals surface area contributed by atoms with Crippen LogP contribution in [0, 0.1) is 6.92 Å². The molecule has 0 saturated heterocycles. The molecule has 0 saturated carbocycles. The topological polar surface area (TPSA) is 49.4 Å². The second-order valence-electron chi connectivity index (χ2n) is 6.07. The van der Waals surface area contributed by atoms with Crippen LogP contribution in [0.3, 0.4) is 0 Å². The summed E-state index contributed by atoms with van der Waals surface area (Å²) in [5.41, 5.74) is 2.77. The highest BCUT2D eigenvalue weighted by Gasteiger charge is 2.19. The van der Waals surface area contributed by atoms with E-state index in [4.69, 9.17) is 11.6 Å². The second-order valence-corrected chi connectivity index (χ2v) is 8.31. The van der Waals surface area contributed by atoms with Crippen LogP contribution < -0.4 is 4.72 Å². The number of rotatable bonds is 7. The SMILES string of the molecule is Cc1ccccc1CS(=O)(=O)NCC(c1cccc(Cl)c1)N(C)C. The fraction of sp³-hybridized carbons (Fsp3) is 0.333. The summed E-state index contributed by atoms with van der Waals surface area (Å²) in [7, 11) is 0.422. The molecular weight excluding hydrogens is 344 g/mol.